The fraction of sp³-hybridized carbons (Fsp3) is 0.923. The molecule has 0 spiro atoms. The number of hydrogen-bond acceptors (Lipinski definition) is 5. The third kappa shape index (κ3) is 58.7. The van der Waals surface area contributed by atoms with E-state index >= 15 is 0 Å². The number of quaternary nitrogens is 1. The van der Waals surface area contributed by atoms with Gasteiger partial charge in [0, 0.05) is 6.42 Å². The molecule has 0 aliphatic heterocycles. The highest BCUT2D eigenvalue weighted by molar-refractivity contribution is 7.47. The van der Waals surface area contributed by atoms with Crippen LogP contribution in [0.4, 0.5) is 0 Å². The Hall–Kier alpha value is -1.02. The zero-order valence-corrected chi connectivity index (χ0v) is 51.3. The minimum Gasteiger partial charge on any atom is -0.387 e. The molecule has 0 aromatic heterocycles. The van der Waals surface area contributed by atoms with Crippen LogP contribution in [-0.4, -0.2) is 73.4 Å². The Bertz CT molecular complexity index is 1260. The van der Waals surface area contributed by atoms with E-state index in [1.807, 2.05) is 27.2 Å². The van der Waals surface area contributed by atoms with Gasteiger partial charge in [0.15, 0.2) is 0 Å². The number of likely N-dealkylation sites (N-methyl/N-ethyl adjacent to an activating group) is 1. The number of carbonyl (C=O) groups is 1. The van der Waals surface area contributed by atoms with E-state index in [0.29, 0.717) is 17.4 Å². The molecule has 0 aromatic rings. The molecule has 0 aromatic carbocycles. The van der Waals surface area contributed by atoms with Gasteiger partial charge in [0.25, 0.3) is 0 Å². The summed E-state index contributed by atoms with van der Waals surface area (Å²) in [5, 5.41) is 14.0. The second-order valence-electron chi connectivity index (χ2n) is 23.8. The van der Waals surface area contributed by atoms with Crippen LogP contribution < -0.4 is 5.32 Å². The number of unbranched alkanes of at least 4 members (excludes halogenated alkanes) is 46. The standard InChI is InChI=1S/C65H129N2O6P/c1-6-8-10-12-14-16-18-20-22-24-26-28-30-31-32-33-34-35-36-37-39-41-43-45-47-49-51-53-55-57-59-65(69)66-63(62-73-74(70,71)72-61-60-67(3,4)5)64(68)58-56-54-52-50-48-46-44-42-40-38-29-27-25-23-21-19-17-15-13-11-9-7-2/h48,50,56,58,63-64,68H,6-47,49,51-55,57,59-62H2,1-5H3,(H-,66,69,70,71)/p+1/b50-48+,58-56+. The molecule has 0 radical (unpaired) electrons. The molecule has 0 rings (SSSR count). The molecule has 1 amide bonds. The molecule has 74 heavy (non-hydrogen) atoms. The number of hydrogen-bond donors (Lipinski definition) is 3. The summed E-state index contributed by atoms with van der Waals surface area (Å²) in [5.41, 5.74) is 0. The quantitative estimate of drug-likeness (QED) is 0.0243. The largest absolute Gasteiger partial charge is 0.472 e. The molecule has 3 atom stereocenters. The maximum Gasteiger partial charge on any atom is 0.472 e. The van der Waals surface area contributed by atoms with Gasteiger partial charge in [-0.3, -0.25) is 13.8 Å². The van der Waals surface area contributed by atoms with E-state index in [-0.39, 0.29) is 19.1 Å². The molecule has 0 bridgehead atoms. The summed E-state index contributed by atoms with van der Waals surface area (Å²) in [6, 6.07) is -0.861. The van der Waals surface area contributed by atoms with Crippen LogP contribution in [0.2, 0.25) is 0 Å². The fourth-order valence-corrected chi connectivity index (χ4v) is 10.8. The van der Waals surface area contributed by atoms with Crippen molar-refractivity contribution in [3.05, 3.63) is 24.3 Å². The second-order valence-corrected chi connectivity index (χ2v) is 25.3. The van der Waals surface area contributed by atoms with Gasteiger partial charge in [-0.1, -0.05) is 321 Å². The van der Waals surface area contributed by atoms with Crippen LogP contribution in [0.1, 0.15) is 335 Å². The number of aliphatic hydroxyl groups excluding tert-OH is 1. The van der Waals surface area contributed by atoms with Crippen molar-refractivity contribution in [3.8, 4) is 0 Å². The van der Waals surface area contributed by atoms with Crippen LogP contribution >= 0.6 is 7.82 Å². The first kappa shape index (κ1) is 73.0. The van der Waals surface area contributed by atoms with Crippen LogP contribution in [0.25, 0.3) is 0 Å². The predicted molar refractivity (Wildman–Crippen MR) is 323 cm³/mol. The first-order valence-electron chi connectivity index (χ1n) is 32.7. The Morgan fingerprint density at radius 2 is 0.743 bits per heavy atom. The number of carbonyl (C=O) groups excluding carboxylic acids is 1. The minimum absolute atomic E-state index is 0.0590. The highest BCUT2D eigenvalue weighted by atomic mass is 31.2. The molecule has 0 saturated carbocycles. The Morgan fingerprint density at radius 3 is 1.08 bits per heavy atom. The van der Waals surface area contributed by atoms with Crippen LogP contribution in [0, 0.1) is 0 Å². The van der Waals surface area contributed by atoms with Gasteiger partial charge < -0.3 is 19.8 Å². The minimum atomic E-state index is -4.36. The number of nitrogens with zero attached hydrogens (tertiary/aromatic N) is 1. The van der Waals surface area contributed by atoms with Gasteiger partial charge in [-0.25, -0.2) is 4.57 Å². The lowest BCUT2D eigenvalue weighted by Gasteiger charge is -2.25. The van der Waals surface area contributed by atoms with Gasteiger partial charge >= 0.3 is 7.82 Å². The van der Waals surface area contributed by atoms with Crippen molar-refractivity contribution < 1.29 is 32.9 Å². The van der Waals surface area contributed by atoms with Gasteiger partial charge in [0.2, 0.25) is 5.91 Å². The van der Waals surface area contributed by atoms with Crippen molar-refractivity contribution in [2.75, 3.05) is 40.9 Å². The van der Waals surface area contributed by atoms with Crippen molar-refractivity contribution >= 4 is 13.7 Å². The number of amides is 1. The maximum absolute atomic E-state index is 13.0. The van der Waals surface area contributed by atoms with Crippen LogP contribution in [0.5, 0.6) is 0 Å². The summed E-state index contributed by atoms with van der Waals surface area (Å²) in [6.45, 7) is 4.85. The average molecular weight is 1070 g/mol. The van der Waals surface area contributed by atoms with Gasteiger partial charge in [-0.2, -0.15) is 0 Å². The van der Waals surface area contributed by atoms with E-state index in [1.54, 1.807) is 6.08 Å². The Kier molecular flexibility index (Phi) is 55.9. The summed E-state index contributed by atoms with van der Waals surface area (Å²) in [6.07, 6.45) is 73.2. The molecular weight excluding hydrogens is 936 g/mol. The van der Waals surface area contributed by atoms with E-state index in [4.69, 9.17) is 9.05 Å². The third-order valence-electron chi connectivity index (χ3n) is 15.2. The predicted octanol–water partition coefficient (Wildman–Crippen LogP) is 20.3. The lowest BCUT2D eigenvalue weighted by molar-refractivity contribution is -0.870. The molecule has 0 heterocycles. The SMILES string of the molecule is CCCCCCCCCCCCCCCCCC/C=C/CC/C=C/C(O)C(COP(=O)(O)OCC[N+](C)(C)C)NC(=O)CCCCCCCCCCCCCCCCCCCCCCCCCCCCCCCC. The first-order chi connectivity index (χ1) is 36.0. The zero-order valence-electron chi connectivity index (χ0n) is 50.4. The van der Waals surface area contributed by atoms with Gasteiger partial charge in [-0.05, 0) is 32.1 Å². The second kappa shape index (κ2) is 56.7. The lowest BCUT2D eigenvalue weighted by Crippen LogP contribution is -2.45. The van der Waals surface area contributed by atoms with E-state index in [2.05, 4.69) is 31.3 Å². The molecule has 0 fully saturated rings. The molecular formula is C65H130N2O6P+. The summed E-state index contributed by atoms with van der Waals surface area (Å²) >= 11 is 0. The molecule has 3 N–H and O–H groups in total. The maximum atomic E-state index is 13.0. The molecule has 8 nitrogen and oxygen atoms in total. The number of allylic oxidation sites excluding steroid dienone is 3. The molecule has 9 heteroatoms. The van der Waals surface area contributed by atoms with E-state index < -0.39 is 20.0 Å². The highest BCUT2D eigenvalue weighted by Crippen LogP contribution is 2.43. The average Bonchev–Trinajstić information content (AvgIpc) is 3.36. The van der Waals surface area contributed by atoms with Gasteiger partial charge in [0.05, 0.1) is 39.9 Å². The first-order valence-corrected chi connectivity index (χ1v) is 34.2. The van der Waals surface area contributed by atoms with Crippen molar-refractivity contribution in [1.29, 1.82) is 0 Å². The molecule has 0 aliphatic carbocycles. The van der Waals surface area contributed by atoms with Crippen LogP contribution in [0.3, 0.4) is 0 Å². The van der Waals surface area contributed by atoms with Crippen LogP contribution in [-0.2, 0) is 18.4 Å². The monoisotopic (exact) mass is 1070 g/mol. The zero-order chi connectivity index (χ0) is 54.2. The Balaban J connectivity index is 4.09. The van der Waals surface area contributed by atoms with Crippen molar-refractivity contribution in [2.45, 2.75) is 347 Å². The van der Waals surface area contributed by atoms with E-state index in [9.17, 15) is 19.4 Å². The normalized spacial score (nSPS) is 13.9. The molecule has 3 unspecified atom stereocenters. The summed E-state index contributed by atoms with van der Waals surface area (Å²) < 4.78 is 23.8. The van der Waals surface area contributed by atoms with Gasteiger partial charge in [0.1, 0.15) is 13.2 Å². The number of aliphatic hydroxyl groups is 1. The van der Waals surface area contributed by atoms with Crippen molar-refractivity contribution in [1.82, 2.24) is 5.32 Å². The number of phosphoric ester groups is 1. The number of phosphoric acid groups is 1. The molecule has 0 aliphatic rings. The van der Waals surface area contributed by atoms with Crippen molar-refractivity contribution in [2.24, 2.45) is 0 Å². The number of nitrogens with one attached hydrogen (secondary N) is 1. The van der Waals surface area contributed by atoms with E-state index in [0.717, 1.165) is 38.5 Å². The third-order valence-corrected chi connectivity index (χ3v) is 16.2. The van der Waals surface area contributed by atoms with Crippen LogP contribution in [0.15, 0.2) is 24.3 Å². The summed E-state index contributed by atoms with van der Waals surface area (Å²) in [4.78, 5) is 23.4. The van der Waals surface area contributed by atoms with Crippen molar-refractivity contribution in [3.63, 3.8) is 0 Å². The summed E-state index contributed by atoms with van der Waals surface area (Å²) in [7, 11) is 1.57. The topological polar surface area (TPSA) is 105 Å². The number of rotatable bonds is 61. The molecule has 0 saturated heterocycles. The highest BCUT2D eigenvalue weighted by Gasteiger charge is 2.28. The molecule has 440 valence electrons. The Labute approximate surface area is 462 Å². The van der Waals surface area contributed by atoms with E-state index in [1.165, 1.54) is 276 Å². The Morgan fingerprint density at radius 1 is 0.446 bits per heavy atom. The lowest BCUT2D eigenvalue weighted by atomic mass is 10.0. The fourth-order valence-electron chi connectivity index (χ4n) is 10.1. The smallest absolute Gasteiger partial charge is 0.387 e. The summed E-state index contributed by atoms with van der Waals surface area (Å²) in [5.74, 6) is -0.179. The van der Waals surface area contributed by atoms with Gasteiger partial charge in [-0.15, -0.1) is 0 Å².